The van der Waals surface area contributed by atoms with Gasteiger partial charge in [0.05, 0.1) is 0 Å². The predicted octanol–water partition coefficient (Wildman–Crippen LogP) is 4.74. The Morgan fingerprint density at radius 2 is 1.38 bits per heavy atom. The standard InChI is InChI=1S/C19H22OSi/c1-14(2)20-21-13-19(17-11-7-5-9-15(17)3)18-12-8-6-10-16(18)4/h5-14H,1-4H3. The van der Waals surface area contributed by atoms with E-state index in [-0.39, 0.29) is 6.10 Å². The summed E-state index contributed by atoms with van der Waals surface area (Å²) in [7, 11) is 0.375. The largest absolute Gasteiger partial charge is 0.410 e. The molecule has 1 nitrogen and oxygen atoms in total. The second-order valence-electron chi connectivity index (χ2n) is 5.47. The highest BCUT2D eigenvalue weighted by Crippen LogP contribution is 2.28. The minimum Gasteiger partial charge on any atom is -0.410 e. The Balaban J connectivity index is 2.45. The molecule has 108 valence electrons. The van der Waals surface area contributed by atoms with Gasteiger partial charge in [0.15, 0.2) is 0 Å². The highest BCUT2D eigenvalue weighted by atomic mass is 28.2. The molecule has 0 aliphatic carbocycles. The summed E-state index contributed by atoms with van der Waals surface area (Å²) in [6.07, 6.45) is 0.259. The second kappa shape index (κ2) is 7.39. The molecule has 0 amide bonds. The molecule has 0 N–H and O–H groups in total. The molecular formula is C19H22OSi. The zero-order valence-corrected chi connectivity index (χ0v) is 14.2. The summed E-state index contributed by atoms with van der Waals surface area (Å²) in [6, 6.07) is 17.1. The van der Waals surface area contributed by atoms with Crippen LogP contribution in [0.15, 0.2) is 54.2 Å². The first-order valence-corrected chi connectivity index (χ1v) is 8.31. The minimum atomic E-state index is 0.259. The fraction of sp³-hybridized carbons (Fsp3) is 0.263. The van der Waals surface area contributed by atoms with E-state index in [0.29, 0.717) is 9.76 Å². The molecule has 0 bridgehead atoms. The van der Waals surface area contributed by atoms with Gasteiger partial charge >= 0.3 is 0 Å². The minimum absolute atomic E-state index is 0.259. The Kier molecular flexibility index (Phi) is 5.54. The quantitative estimate of drug-likeness (QED) is 0.724. The predicted molar refractivity (Wildman–Crippen MR) is 91.4 cm³/mol. The lowest BCUT2D eigenvalue weighted by molar-refractivity contribution is 0.260. The summed E-state index contributed by atoms with van der Waals surface area (Å²) in [6.45, 7) is 8.46. The van der Waals surface area contributed by atoms with E-state index in [2.05, 4.69) is 81.9 Å². The smallest absolute Gasteiger partial charge is 0.261 e. The molecule has 0 spiro atoms. The number of aryl methyl sites for hydroxylation is 2. The lowest BCUT2D eigenvalue weighted by atomic mass is 9.93. The number of benzene rings is 2. The Hall–Kier alpha value is -1.64. The van der Waals surface area contributed by atoms with Gasteiger partial charge in [-0.3, -0.25) is 0 Å². The van der Waals surface area contributed by atoms with Gasteiger partial charge < -0.3 is 4.43 Å². The van der Waals surface area contributed by atoms with Crippen LogP contribution in [0, 0.1) is 13.8 Å². The first-order valence-electron chi connectivity index (χ1n) is 7.33. The topological polar surface area (TPSA) is 9.23 Å². The third-order valence-electron chi connectivity index (χ3n) is 3.38. The van der Waals surface area contributed by atoms with Crippen LogP contribution in [0.4, 0.5) is 0 Å². The average Bonchev–Trinajstić information content (AvgIpc) is 2.45. The van der Waals surface area contributed by atoms with Crippen LogP contribution in [0.25, 0.3) is 5.57 Å². The summed E-state index contributed by atoms with van der Waals surface area (Å²) in [5, 5.41) is 0. The van der Waals surface area contributed by atoms with Gasteiger partial charge in [-0.15, -0.1) is 0 Å². The molecule has 0 aliphatic rings. The lowest BCUT2D eigenvalue weighted by Gasteiger charge is -2.14. The molecule has 0 saturated heterocycles. The number of hydrogen-bond acceptors (Lipinski definition) is 1. The fourth-order valence-electron chi connectivity index (χ4n) is 2.28. The molecule has 2 rings (SSSR count). The van der Waals surface area contributed by atoms with Crippen molar-refractivity contribution < 1.29 is 4.43 Å². The van der Waals surface area contributed by atoms with E-state index in [0.717, 1.165) is 0 Å². The van der Waals surface area contributed by atoms with Gasteiger partial charge in [-0.1, -0.05) is 54.2 Å². The Morgan fingerprint density at radius 3 is 1.81 bits per heavy atom. The molecule has 0 aromatic heterocycles. The highest BCUT2D eigenvalue weighted by molar-refractivity contribution is 6.37. The van der Waals surface area contributed by atoms with Crippen molar-refractivity contribution in [3.63, 3.8) is 0 Å². The van der Waals surface area contributed by atoms with Crippen molar-refractivity contribution in [3.05, 3.63) is 76.5 Å². The van der Waals surface area contributed by atoms with Crippen LogP contribution in [0.1, 0.15) is 36.1 Å². The van der Waals surface area contributed by atoms with E-state index in [9.17, 15) is 0 Å². The van der Waals surface area contributed by atoms with Crippen LogP contribution in [0.5, 0.6) is 0 Å². The van der Waals surface area contributed by atoms with Crippen molar-refractivity contribution >= 4 is 15.3 Å². The zero-order valence-electron chi connectivity index (χ0n) is 13.2. The molecule has 2 aromatic carbocycles. The number of hydrogen-bond donors (Lipinski definition) is 0. The maximum Gasteiger partial charge on any atom is 0.261 e. The zero-order chi connectivity index (χ0) is 15.2. The highest BCUT2D eigenvalue weighted by Gasteiger charge is 2.10. The molecule has 0 fully saturated rings. The van der Waals surface area contributed by atoms with Crippen molar-refractivity contribution in [3.8, 4) is 0 Å². The van der Waals surface area contributed by atoms with Gasteiger partial charge in [0.2, 0.25) is 0 Å². The third-order valence-corrected chi connectivity index (χ3v) is 4.39. The van der Waals surface area contributed by atoms with E-state index in [1.807, 2.05) is 0 Å². The van der Waals surface area contributed by atoms with Gasteiger partial charge in [0.25, 0.3) is 9.76 Å². The molecule has 21 heavy (non-hydrogen) atoms. The Bertz CT molecular complexity index is 581. The molecule has 0 heterocycles. The summed E-state index contributed by atoms with van der Waals surface area (Å²) in [5.41, 5.74) is 8.65. The summed E-state index contributed by atoms with van der Waals surface area (Å²) < 4.78 is 5.75. The molecule has 0 unspecified atom stereocenters. The van der Waals surface area contributed by atoms with Gasteiger partial charge in [-0.2, -0.15) is 0 Å². The molecule has 0 atom stereocenters. The summed E-state index contributed by atoms with van der Waals surface area (Å²) in [4.78, 5) is 0. The van der Waals surface area contributed by atoms with Gasteiger partial charge in [0.1, 0.15) is 0 Å². The molecule has 0 aliphatic heterocycles. The molecular weight excluding hydrogens is 272 g/mol. The van der Waals surface area contributed by atoms with Gasteiger partial charge in [-0.05, 0) is 55.5 Å². The van der Waals surface area contributed by atoms with E-state index in [4.69, 9.17) is 4.43 Å². The second-order valence-corrected chi connectivity index (χ2v) is 6.23. The first kappa shape index (κ1) is 15.7. The van der Waals surface area contributed by atoms with Crippen molar-refractivity contribution in [2.75, 3.05) is 0 Å². The van der Waals surface area contributed by atoms with E-state index in [1.54, 1.807) is 0 Å². The van der Waals surface area contributed by atoms with Crippen molar-refractivity contribution in [2.24, 2.45) is 0 Å². The van der Waals surface area contributed by atoms with Crippen molar-refractivity contribution in [1.82, 2.24) is 0 Å². The summed E-state index contributed by atoms with van der Waals surface area (Å²) >= 11 is 0. The van der Waals surface area contributed by atoms with Crippen LogP contribution in [0.3, 0.4) is 0 Å². The van der Waals surface area contributed by atoms with Crippen LogP contribution in [-0.2, 0) is 4.43 Å². The lowest BCUT2D eigenvalue weighted by Crippen LogP contribution is -2.06. The Morgan fingerprint density at radius 1 is 0.905 bits per heavy atom. The monoisotopic (exact) mass is 294 g/mol. The Labute approximate surface area is 130 Å². The maximum atomic E-state index is 5.75. The summed E-state index contributed by atoms with van der Waals surface area (Å²) in [5.74, 6) is 0. The van der Waals surface area contributed by atoms with Crippen LogP contribution in [-0.4, -0.2) is 15.9 Å². The molecule has 2 aromatic rings. The average molecular weight is 294 g/mol. The first-order chi connectivity index (χ1) is 10.1. The van der Waals surface area contributed by atoms with E-state index in [1.165, 1.54) is 27.8 Å². The molecule has 2 radical (unpaired) electrons. The van der Waals surface area contributed by atoms with Gasteiger partial charge in [-0.25, -0.2) is 0 Å². The van der Waals surface area contributed by atoms with Crippen LogP contribution >= 0.6 is 0 Å². The van der Waals surface area contributed by atoms with E-state index >= 15 is 0 Å². The maximum absolute atomic E-state index is 5.75. The SMILES string of the molecule is Cc1ccccc1C(=C[Si]OC(C)C)c1ccccc1C. The van der Waals surface area contributed by atoms with Crippen molar-refractivity contribution in [2.45, 2.75) is 33.8 Å². The fourth-order valence-corrected chi connectivity index (χ4v) is 3.05. The normalized spacial score (nSPS) is 10.7. The van der Waals surface area contributed by atoms with E-state index < -0.39 is 0 Å². The molecule has 2 heteroatoms. The van der Waals surface area contributed by atoms with Crippen LogP contribution in [0.2, 0.25) is 0 Å². The van der Waals surface area contributed by atoms with Crippen LogP contribution < -0.4 is 0 Å². The number of rotatable bonds is 5. The third kappa shape index (κ3) is 4.16. The van der Waals surface area contributed by atoms with Crippen molar-refractivity contribution in [1.29, 1.82) is 0 Å². The van der Waals surface area contributed by atoms with Gasteiger partial charge in [0, 0.05) is 6.10 Å². The molecule has 0 saturated carbocycles.